The Morgan fingerprint density at radius 2 is 1.45 bits per heavy atom. The van der Waals surface area contributed by atoms with Crippen LogP contribution >= 0.6 is 23.4 Å². The minimum atomic E-state index is -0.508. The fourth-order valence-corrected chi connectivity index (χ4v) is 4.09. The molecule has 0 atom stereocenters. The molecule has 0 saturated carbocycles. The minimum Gasteiger partial charge on any atom is -0.482 e. The number of nitrogens with one attached hydrogen (secondary N) is 2. The lowest BCUT2D eigenvalue weighted by Gasteiger charge is -2.30. The Kier molecular flexibility index (Phi) is 5.59. The number of carbonyl (C=O) groups is 2. The predicted octanol–water partition coefficient (Wildman–Crippen LogP) is 4.76. The largest absolute Gasteiger partial charge is 0.482 e. The molecular formula is C21H16ClN3O3S. The molecule has 8 heteroatoms. The van der Waals surface area contributed by atoms with E-state index in [0.29, 0.717) is 10.8 Å². The highest BCUT2D eigenvalue weighted by Gasteiger charge is 2.28. The molecule has 0 aliphatic carbocycles. The Bertz CT molecular complexity index is 1030. The smallest absolute Gasteiger partial charge is 0.345 e. The third-order valence-corrected chi connectivity index (χ3v) is 5.58. The first-order valence-corrected chi connectivity index (χ1v) is 9.95. The van der Waals surface area contributed by atoms with Crippen LogP contribution in [0.2, 0.25) is 5.02 Å². The molecule has 29 heavy (non-hydrogen) atoms. The van der Waals surface area contributed by atoms with Gasteiger partial charge in [0, 0.05) is 9.79 Å². The number of nitrogens with zero attached hydrogens (tertiary/aromatic N) is 1. The van der Waals surface area contributed by atoms with E-state index in [0.717, 1.165) is 21.2 Å². The topological polar surface area (TPSA) is 70.7 Å². The lowest BCUT2D eigenvalue weighted by Crippen LogP contribution is -2.49. The molecule has 3 aromatic carbocycles. The molecule has 0 unspecified atom stereocenters. The fraction of sp³-hybridized carbons (Fsp3) is 0.0476. The number of amides is 3. The highest BCUT2D eigenvalue weighted by molar-refractivity contribution is 7.99. The number of halogens is 1. The van der Waals surface area contributed by atoms with Crippen molar-refractivity contribution in [2.45, 2.75) is 9.79 Å². The van der Waals surface area contributed by atoms with Gasteiger partial charge in [-0.2, -0.15) is 0 Å². The summed E-state index contributed by atoms with van der Waals surface area (Å²) >= 11 is 7.59. The first-order chi connectivity index (χ1) is 14.1. The van der Waals surface area contributed by atoms with Crippen LogP contribution in [-0.2, 0) is 4.79 Å². The Hall–Kier alpha value is -3.16. The maximum atomic E-state index is 12.9. The first kappa shape index (κ1) is 19.2. The third-order valence-electron chi connectivity index (χ3n) is 4.14. The standard InChI is InChI=1S/C21H16ClN3O3S/c22-14-7-1-4-10-17(14)28-13-20(26)23-24-21(27)25-15-8-2-5-11-18(15)29-19-12-6-3-9-16(19)25/h1-12H,13H2,(H,23,26)(H,24,27). The molecule has 0 saturated heterocycles. The zero-order valence-corrected chi connectivity index (χ0v) is 16.7. The molecule has 1 aliphatic rings. The Morgan fingerprint density at radius 3 is 2.10 bits per heavy atom. The zero-order valence-electron chi connectivity index (χ0n) is 15.1. The quantitative estimate of drug-likeness (QED) is 0.593. The highest BCUT2D eigenvalue weighted by atomic mass is 35.5. The average Bonchev–Trinajstić information content (AvgIpc) is 2.75. The molecule has 0 radical (unpaired) electrons. The predicted molar refractivity (Wildman–Crippen MR) is 113 cm³/mol. The van der Waals surface area contributed by atoms with Crippen molar-refractivity contribution in [2.24, 2.45) is 0 Å². The molecule has 1 heterocycles. The molecular weight excluding hydrogens is 410 g/mol. The van der Waals surface area contributed by atoms with E-state index in [-0.39, 0.29) is 6.61 Å². The number of ether oxygens (including phenoxy) is 1. The monoisotopic (exact) mass is 425 g/mol. The lowest BCUT2D eigenvalue weighted by molar-refractivity contribution is -0.123. The van der Waals surface area contributed by atoms with Gasteiger partial charge in [0.05, 0.1) is 16.4 Å². The van der Waals surface area contributed by atoms with E-state index < -0.39 is 11.9 Å². The number of carbonyl (C=O) groups excluding carboxylic acids is 2. The Balaban J connectivity index is 1.44. The molecule has 0 spiro atoms. The lowest BCUT2D eigenvalue weighted by atomic mass is 10.2. The summed E-state index contributed by atoms with van der Waals surface area (Å²) in [5.41, 5.74) is 6.32. The summed E-state index contributed by atoms with van der Waals surface area (Å²) in [5.74, 6) is -0.113. The second kappa shape index (κ2) is 8.46. The molecule has 6 nitrogen and oxygen atoms in total. The molecule has 3 aromatic rings. The third kappa shape index (κ3) is 4.16. The molecule has 146 valence electrons. The van der Waals surface area contributed by atoms with Crippen molar-refractivity contribution < 1.29 is 14.3 Å². The Morgan fingerprint density at radius 1 is 0.862 bits per heavy atom. The molecule has 3 amide bonds. The summed E-state index contributed by atoms with van der Waals surface area (Å²) in [4.78, 5) is 28.4. The first-order valence-electron chi connectivity index (χ1n) is 8.75. The van der Waals surface area contributed by atoms with Gasteiger partial charge in [-0.25, -0.2) is 10.2 Å². The van der Waals surface area contributed by atoms with Crippen LogP contribution in [0.15, 0.2) is 82.6 Å². The Labute approximate surface area is 176 Å². The van der Waals surface area contributed by atoms with Crippen LogP contribution in [0.1, 0.15) is 0 Å². The fourth-order valence-electron chi connectivity index (χ4n) is 2.84. The van der Waals surface area contributed by atoms with Crippen molar-refractivity contribution in [3.05, 3.63) is 77.8 Å². The summed E-state index contributed by atoms with van der Waals surface area (Å²) in [6.07, 6.45) is 0. The van der Waals surface area contributed by atoms with Crippen LogP contribution in [0.3, 0.4) is 0 Å². The van der Waals surface area contributed by atoms with Crippen LogP contribution in [0.4, 0.5) is 16.2 Å². The second-order valence-electron chi connectivity index (χ2n) is 6.07. The van der Waals surface area contributed by atoms with Gasteiger partial charge in [-0.15, -0.1) is 0 Å². The van der Waals surface area contributed by atoms with Gasteiger partial charge >= 0.3 is 6.03 Å². The molecule has 4 rings (SSSR count). The summed E-state index contributed by atoms with van der Waals surface area (Å²) in [6, 6.07) is 21.6. The van der Waals surface area contributed by atoms with Gasteiger partial charge in [-0.05, 0) is 36.4 Å². The van der Waals surface area contributed by atoms with Gasteiger partial charge in [0.15, 0.2) is 6.61 Å². The van der Waals surface area contributed by atoms with Gasteiger partial charge in [0.1, 0.15) is 5.75 Å². The maximum absolute atomic E-state index is 12.9. The minimum absolute atomic E-state index is 0.285. The van der Waals surface area contributed by atoms with Gasteiger partial charge in [-0.1, -0.05) is 59.8 Å². The SMILES string of the molecule is O=C(COc1ccccc1Cl)NNC(=O)N1c2ccccc2Sc2ccccc21. The van der Waals surface area contributed by atoms with Gasteiger partial charge in [0.2, 0.25) is 0 Å². The van der Waals surface area contributed by atoms with Gasteiger partial charge in [-0.3, -0.25) is 15.1 Å². The summed E-state index contributed by atoms with van der Waals surface area (Å²) in [5, 5.41) is 0.406. The number of fused-ring (bicyclic) bond motifs is 2. The van der Waals surface area contributed by atoms with Crippen LogP contribution < -0.4 is 20.5 Å². The number of urea groups is 1. The van der Waals surface area contributed by atoms with E-state index >= 15 is 0 Å². The summed E-state index contributed by atoms with van der Waals surface area (Å²) in [7, 11) is 0. The number of anilines is 2. The number of benzene rings is 3. The van der Waals surface area contributed by atoms with Crippen molar-refractivity contribution in [1.29, 1.82) is 0 Å². The van der Waals surface area contributed by atoms with Gasteiger partial charge < -0.3 is 4.74 Å². The maximum Gasteiger partial charge on any atom is 0.345 e. The summed E-state index contributed by atoms with van der Waals surface area (Å²) in [6.45, 7) is -0.285. The average molecular weight is 426 g/mol. The second-order valence-corrected chi connectivity index (χ2v) is 7.56. The van der Waals surface area contributed by atoms with E-state index in [1.807, 2.05) is 48.5 Å². The molecule has 0 fully saturated rings. The van der Waals surface area contributed by atoms with Crippen molar-refractivity contribution in [2.75, 3.05) is 11.5 Å². The van der Waals surface area contributed by atoms with E-state index in [9.17, 15) is 9.59 Å². The molecule has 0 bridgehead atoms. The van der Waals surface area contributed by atoms with Crippen LogP contribution in [0, 0.1) is 0 Å². The zero-order chi connectivity index (χ0) is 20.2. The van der Waals surface area contributed by atoms with Crippen molar-refractivity contribution in [3.8, 4) is 5.75 Å². The van der Waals surface area contributed by atoms with Gasteiger partial charge in [0.25, 0.3) is 5.91 Å². The van der Waals surface area contributed by atoms with E-state index in [1.165, 1.54) is 4.90 Å². The normalized spacial score (nSPS) is 11.8. The number of hydrazine groups is 1. The van der Waals surface area contributed by atoms with Crippen LogP contribution in [-0.4, -0.2) is 18.5 Å². The van der Waals surface area contributed by atoms with Crippen molar-refractivity contribution >= 4 is 46.7 Å². The van der Waals surface area contributed by atoms with Crippen molar-refractivity contribution in [1.82, 2.24) is 10.9 Å². The van der Waals surface area contributed by atoms with E-state index in [1.54, 1.807) is 36.0 Å². The van der Waals surface area contributed by atoms with Crippen LogP contribution in [0.5, 0.6) is 5.75 Å². The summed E-state index contributed by atoms with van der Waals surface area (Å²) < 4.78 is 5.38. The number of hydrogen-bond donors (Lipinski definition) is 2. The molecule has 1 aliphatic heterocycles. The number of rotatable bonds is 3. The molecule has 2 N–H and O–H groups in total. The number of hydrogen-bond acceptors (Lipinski definition) is 4. The molecule has 0 aromatic heterocycles. The number of para-hydroxylation sites is 3. The van der Waals surface area contributed by atoms with E-state index in [2.05, 4.69) is 10.9 Å². The van der Waals surface area contributed by atoms with Crippen molar-refractivity contribution in [3.63, 3.8) is 0 Å². The van der Waals surface area contributed by atoms with Crippen LogP contribution in [0.25, 0.3) is 0 Å². The van der Waals surface area contributed by atoms with E-state index in [4.69, 9.17) is 16.3 Å². The highest BCUT2D eigenvalue weighted by Crippen LogP contribution is 2.47.